The predicted molar refractivity (Wildman–Crippen MR) is 84.6 cm³/mol. The molecule has 0 atom stereocenters. The van der Waals surface area contributed by atoms with Crippen molar-refractivity contribution in [2.45, 2.75) is 31.2 Å². The molecule has 0 amide bonds. The van der Waals surface area contributed by atoms with Crippen molar-refractivity contribution in [3.63, 3.8) is 0 Å². The van der Waals surface area contributed by atoms with Crippen molar-refractivity contribution in [3.05, 3.63) is 36.4 Å². The fraction of sp³-hybridized carbons (Fsp3) is 0.333. The van der Waals surface area contributed by atoms with Gasteiger partial charge in [-0.05, 0) is 25.0 Å². The SMILES string of the molecule is Cl.NC1(c2noc(-c3cc(-c4ccncc4)on3)n2)CCCC1. The summed E-state index contributed by atoms with van der Waals surface area (Å²) in [6.45, 7) is 0. The van der Waals surface area contributed by atoms with Crippen LogP contribution < -0.4 is 5.73 Å². The van der Waals surface area contributed by atoms with Crippen molar-refractivity contribution in [2.24, 2.45) is 5.73 Å². The van der Waals surface area contributed by atoms with Gasteiger partial charge in [0.25, 0.3) is 5.89 Å². The molecule has 2 N–H and O–H groups in total. The third kappa shape index (κ3) is 2.85. The topological polar surface area (TPSA) is 104 Å². The highest BCUT2D eigenvalue weighted by Gasteiger charge is 2.36. The summed E-state index contributed by atoms with van der Waals surface area (Å²) in [5, 5.41) is 8.02. The Labute approximate surface area is 138 Å². The van der Waals surface area contributed by atoms with Gasteiger partial charge < -0.3 is 14.8 Å². The molecule has 7 nitrogen and oxygen atoms in total. The number of rotatable bonds is 3. The third-order valence-electron chi connectivity index (χ3n) is 4.06. The third-order valence-corrected chi connectivity index (χ3v) is 4.06. The molecular formula is C15H16ClN5O2. The Morgan fingerprint density at radius 1 is 1.04 bits per heavy atom. The summed E-state index contributed by atoms with van der Waals surface area (Å²) >= 11 is 0. The molecule has 0 aliphatic heterocycles. The number of hydrogen-bond acceptors (Lipinski definition) is 7. The van der Waals surface area contributed by atoms with E-state index in [0.29, 0.717) is 23.2 Å². The lowest BCUT2D eigenvalue weighted by atomic mass is 9.99. The molecule has 1 saturated carbocycles. The van der Waals surface area contributed by atoms with Crippen LogP contribution in [0.4, 0.5) is 0 Å². The van der Waals surface area contributed by atoms with Crippen molar-refractivity contribution < 1.29 is 9.05 Å². The van der Waals surface area contributed by atoms with Gasteiger partial charge in [0, 0.05) is 24.0 Å². The molecule has 3 aromatic rings. The highest BCUT2D eigenvalue weighted by molar-refractivity contribution is 5.85. The van der Waals surface area contributed by atoms with Crippen LogP contribution in [0.15, 0.2) is 39.6 Å². The first-order chi connectivity index (χ1) is 10.7. The summed E-state index contributed by atoms with van der Waals surface area (Å²) in [7, 11) is 0. The zero-order chi connectivity index (χ0) is 15.0. The van der Waals surface area contributed by atoms with E-state index in [-0.39, 0.29) is 12.4 Å². The molecule has 0 saturated heterocycles. The first-order valence-electron chi connectivity index (χ1n) is 7.25. The minimum atomic E-state index is -0.473. The number of halogens is 1. The van der Waals surface area contributed by atoms with Crippen LogP contribution in [0.2, 0.25) is 0 Å². The maximum atomic E-state index is 6.33. The minimum Gasteiger partial charge on any atom is -0.355 e. The van der Waals surface area contributed by atoms with E-state index >= 15 is 0 Å². The van der Waals surface area contributed by atoms with Crippen LogP contribution in [0.25, 0.3) is 22.9 Å². The van der Waals surface area contributed by atoms with E-state index in [9.17, 15) is 0 Å². The Hall–Kier alpha value is -2.25. The molecule has 3 heterocycles. The molecule has 1 aliphatic rings. The molecule has 1 aliphatic carbocycles. The van der Waals surface area contributed by atoms with Gasteiger partial charge in [0.05, 0.1) is 5.54 Å². The Morgan fingerprint density at radius 3 is 2.52 bits per heavy atom. The van der Waals surface area contributed by atoms with Gasteiger partial charge in [-0.15, -0.1) is 12.4 Å². The average molecular weight is 334 g/mol. The lowest BCUT2D eigenvalue weighted by Gasteiger charge is -2.17. The summed E-state index contributed by atoms with van der Waals surface area (Å²) in [4.78, 5) is 8.38. The monoisotopic (exact) mass is 333 g/mol. The van der Waals surface area contributed by atoms with E-state index in [1.807, 2.05) is 12.1 Å². The molecular weight excluding hydrogens is 318 g/mol. The summed E-state index contributed by atoms with van der Waals surface area (Å²) < 4.78 is 10.6. The van der Waals surface area contributed by atoms with E-state index < -0.39 is 5.54 Å². The molecule has 0 spiro atoms. The Kier molecular flexibility index (Phi) is 4.14. The van der Waals surface area contributed by atoms with E-state index in [1.165, 1.54) is 0 Å². The van der Waals surface area contributed by atoms with Gasteiger partial charge in [-0.1, -0.05) is 23.2 Å². The maximum Gasteiger partial charge on any atom is 0.280 e. The van der Waals surface area contributed by atoms with E-state index in [2.05, 4.69) is 20.3 Å². The van der Waals surface area contributed by atoms with Gasteiger partial charge in [0.1, 0.15) is 0 Å². The fourth-order valence-corrected chi connectivity index (χ4v) is 2.79. The van der Waals surface area contributed by atoms with Crippen molar-refractivity contribution in [2.75, 3.05) is 0 Å². The summed E-state index contributed by atoms with van der Waals surface area (Å²) in [5.41, 5.74) is 7.25. The maximum absolute atomic E-state index is 6.33. The van der Waals surface area contributed by atoms with Crippen LogP contribution in [0.5, 0.6) is 0 Å². The van der Waals surface area contributed by atoms with Crippen LogP contribution in [0.1, 0.15) is 31.5 Å². The largest absolute Gasteiger partial charge is 0.355 e. The van der Waals surface area contributed by atoms with Crippen LogP contribution >= 0.6 is 12.4 Å². The molecule has 23 heavy (non-hydrogen) atoms. The highest BCUT2D eigenvalue weighted by Crippen LogP contribution is 2.35. The molecule has 0 aromatic carbocycles. The number of pyridine rings is 1. The second kappa shape index (κ2) is 6.10. The minimum absolute atomic E-state index is 0. The molecule has 1 fully saturated rings. The van der Waals surface area contributed by atoms with Crippen LogP contribution in [-0.4, -0.2) is 20.3 Å². The summed E-state index contributed by atoms with van der Waals surface area (Å²) in [5.74, 6) is 1.50. The van der Waals surface area contributed by atoms with Gasteiger partial charge in [-0.25, -0.2) is 0 Å². The zero-order valence-corrected chi connectivity index (χ0v) is 13.1. The van der Waals surface area contributed by atoms with Crippen molar-refractivity contribution in [3.8, 4) is 22.9 Å². The molecule has 4 rings (SSSR count). The Morgan fingerprint density at radius 2 is 1.78 bits per heavy atom. The smallest absolute Gasteiger partial charge is 0.280 e. The van der Waals surface area contributed by atoms with Gasteiger partial charge in [0.2, 0.25) is 0 Å². The molecule has 0 unspecified atom stereocenters. The van der Waals surface area contributed by atoms with Crippen LogP contribution in [0.3, 0.4) is 0 Å². The Bertz CT molecular complexity index is 780. The molecule has 0 bridgehead atoms. The van der Waals surface area contributed by atoms with Gasteiger partial charge in [0.15, 0.2) is 17.3 Å². The second-order valence-electron chi connectivity index (χ2n) is 5.60. The number of hydrogen-bond donors (Lipinski definition) is 1. The summed E-state index contributed by atoms with van der Waals surface area (Å²) in [6.07, 6.45) is 7.34. The van der Waals surface area contributed by atoms with Crippen LogP contribution in [0, 0.1) is 0 Å². The van der Waals surface area contributed by atoms with Crippen molar-refractivity contribution in [1.82, 2.24) is 20.3 Å². The zero-order valence-electron chi connectivity index (χ0n) is 12.3. The number of nitrogens with two attached hydrogens (primary N) is 1. The van der Waals surface area contributed by atoms with E-state index in [1.54, 1.807) is 18.5 Å². The van der Waals surface area contributed by atoms with Crippen molar-refractivity contribution in [1.29, 1.82) is 0 Å². The Balaban J connectivity index is 0.00000156. The molecule has 120 valence electrons. The standard InChI is InChI=1S/C15H15N5O2.ClH/c16-15(5-1-2-6-15)14-18-13(22-20-14)11-9-12(21-19-11)10-3-7-17-8-4-10;/h3-4,7-9H,1-2,5-6,16H2;1H. The van der Waals surface area contributed by atoms with Crippen molar-refractivity contribution >= 4 is 12.4 Å². The average Bonchev–Trinajstić information content (AvgIpc) is 3.28. The molecule has 8 heteroatoms. The lowest BCUT2D eigenvalue weighted by molar-refractivity contribution is 0.370. The number of aromatic nitrogens is 4. The normalized spacial score (nSPS) is 16.2. The first kappa shape index (κ1) is 15.6. The number of nitrogens with zero attached hydrogens (tertiary/aromatic N) is 4. The lowest BCUT2D eigenvalue weighted by Crippen LogP contribution is -2.34. The van der Waals surface area contributed by atoms with Crippen LogP contribution in [-0.2, 0) is 5.54 Å². The molecule has 0 radical (unpaired) electrons. The predicted octanol–water partition coefficient (Wildman–Crippen LogP) is 2.94. The second-order valence-corrected chi connectivity index (χ2v) is 5.60. The van der Waals surface area contributed by atoms with E-state index in [0.717, 1.165) is 31.2 Å². The fourth-order valence-electron chi connectivity index (χ4n) is 2.79. The first-order valence-corrected chi connectivity index (χ1v) is 7.25. The van der Waals surface area contributed by atoms with Gasteiger partial charge >= 0.3 is 0 Å². The summed E-state index contributed by atoms with van der Waals surface area (Å²) in [6, 6.07) is 5.46. The quantitative estimate of drug-likeness (QED) is 0.785. The van der Waals surface area contributed by atoms with Gasteiger partial charge in [-0.2, -0.15) is 4.98 Å². The van der Waals surface area contributed by atoms with Gasteiger partial charge in [-0.3, -0.25) is 4.98 Å². The van der Waals surface area contributed by atoms with E-state index in [4.69, 9.17) is 14.8 Å². The molecule has 3 aromatic heterocycles. The highest BCUT2D eigenvalue weighted by atomic mass is 35.5.